The van der Waals surface area contributed by atoms with Gasteiger partial charge in [0.2, 0.25) is 11.8 Å². The minimum Gasteiger partial charge on any atom is -0.390 e. The zero-order valence-corrected chi connectivity index (χ0v) is 29.6. The van der Waals surface area contributed by atoms with Crippen molar-refractivity contribution in [3.63, 3.8) is 0 Å². The molecule has 0 aromatic heterocycles. The first kappa shape index (κ1) is 40.0. The zero-order chi connectivity index (χ0) is 35.8. The molecule has 0 bridgehead atoms. The van der Waals surface area contributed by atoms with Gasteiger partial charge in [-0.15, -0.1) is 0 Å². The number of rotatable bonds is 21. The number of amides is 2. The van der Waals surface area contributed by atoms with Crippen molar-refractivity contribution in [2.45, 2.75) is 102 Å². The number of allylic oxidation sites excluding steroid dienone is 2. The van der Waals surface area contributed by atoms with Crippen LogP contribution in [0.2, 0.25) is 0 Å². The summed E-state index contributed by atoms with van der Waals surface area (Å²) in [6.07, 6.45) is 9.86. The van der Waals surface area contributed by atoms with Crippen LogP contribution in [-0.2, 0) is 38.8 Å². The van der Waals surface area contributed by atoms with Crippen LogP contribution in [0.25, 0.3) is 0 Å². The van der Waals surface area contributed by atoms with Gasteiger partial charge in [0.05, 0.1) is 29.7 Å². The van der Waals surface area contributed by atoms with E-state index in [0.717, 1.165) is 35.7 Å². The number of sulfone groups is 1. The Labute approximate surface area is 290 Å². The molecule has 0 fully saturated rings. The van der Waals surface area contributed by atoms with Crippen molar-refractivity contribution < 1.29 is 31.9 Å². The standard InChI is InChI=1S/C37H52F2N4O5S/c1-4-11-32(12-5-2)49(47,48)25-34(42-36(45)24-41-31-15-8-7-9-16-31)37(46)43-33(20-28-18-29(38)21-30(39)19-28)35(44)23-40-22-27-14-10-13-26(6-3)17-27/h7-10,13-15,17-19,21,31-35,40-41,44H,4-6,11-12,16,20,22-25H2,1-3H3,(H,42,45)(H,43,46)/t31?,33-,34+,35+/m0/s1. The summed E-state index contributed by atoms with van der Waals surface area (Å²) in [5.41, 5.74) is 2.34. The van der Waals surface area contributed by atoms with Gasteiger partial charge in [-0.3, -0.25) is 9.59 Å². The number of carbonyl (C=O) groups is 2. The number of nitrogens with one attached hydrogen (secondary N) is 4. The SMILES string of the molecule is CCCC(CCC)S(=O)(=O)C[C@@H](NC(=O)CNC1C=CC=CC1)C(=O)N[C@@H](Cc1cc(F)cc(F)c1)[C@H](O)CNCc1cccc(CC)c1. The molecule has 12 heteroatoms. The summed E-state index contributed by atoms with van der Waals surface area (Å²) < 4.78 is 55.5. The molecule has 9 nitrogen and oxygen atoms in total. The second kappa shape index (κ2) is 20.3. The lowest BCUT2D eigenvalue weighted by Crippen LogP contribution is -2.58. The fraction of sp³-hybridized carbons (Fsp3) is 0.514. The molecule has 2 amide bonds. The van der Waals surface area contributed by atoms with Crippen LogP contribution in [0.1, 0.15) is 69.6 Å². The number of hydrogen-bond donors (Lipinski definition) is 5. The number of carbonyl (C=O) groups excluding carboxylic acids is 2. The van der Waals surface area contributed by atoms with Crippen molar-refractivity contribution in [1.29, 1.82) is 0 Å². The summed E-state index contributed by atoms with van der Waals surface area (Å²) in [5, 5.41) is 22.2. The minimum atomic E-state index is -3.84. The highest BCUT2D eigenvalue weighted by Gasteiger charge is 2.34. The van der Waals surface area contributed by atoms with E-state index in [1.165, 1.54) is 0 Å². The van der Waals surface area contributed by atoms with E-state index in [2.05, 4.69) is 28.2 Å². The maximum Gasteiger partial charge on any atom is 0.243 e. The van der Waals surface area contributed by atoms with Crippen molar-refractivity contribution in [1.82, 2.24) is 21.3 Å². The summed E-state index contributed by atoms with van der Waals surface area (Å²) in [6, 6.07) is 8.27. The smallest absolute Gasteiger partial charge is 0.243 e. The maximum atomic E-state index is 14.1. The summed E-state index contributed by atoms with van der Waals surface area (Å²) in [7, 11) is -3.84. The third-order valence-corrected chi connectivity index (χ3v) is 10.8. The van der Waals surface area contributed by atoms with Crippen LogP contribution in [0.4, 0.5) is 8.78 Å². The first-order chi connectivity index (χ1) is 23.4. The van der Waals surface area contributed by atoms with Crippen LogP contribution >= 0.6 is 0 Å². The van der Waals surface area contributed by atoms with Gasteiger partial charge in [0.1, 0.15) is 17.7 Å². The topological polar surface area (TPSA) is 137 Å². The van der Waals surface area contributed by atoms with Gasteiger partial charge < -0.3 is 26.4 Å². The molecular weight excluding hydrogens is 650 g/mol. The lowest BCUT2D eigenvalue weighted by Gasteiger charge is -2.28. The van der Waals surface area contributed by atoms with Crippen molar-refractivity contribution in [2.24, 2.45) is 0 Å². The number of aliphatic hydroxyl groups is 1. The molecule has 0 spiro atoms. The van der Waals surface area contributed by atoms with E-state index < -0.39 is 62.5 Å². The Balaban J connectivity index is 1.82. The van der Waals surface area contributed by atoms with E-state index in [0.29, 0.717) is 38.6 Å². The predicted octanol–water partition coefficient (Wildman–Crippen LogP) is 4.05. The molecule has 49 heavy (non-hydrogen) atoms. The first-order valence-electron chi connectivity index (χ1n) is 17.2. The van der Waals surface area contributed by atoms with E-state index in [4.69, 9.17) is 0 Å². The Morgan fingerprint density at radius 2 is 1.63 bits per heavy atom. The first-order valence-corrected chi connectivity index (χ1v) is 18.9. The lowest BCUT2D eigenvalue weighted by molar-refractivity contribution is -0.129. The number of benzene rings is 2. The molecule has 0 radical (unpaired) electrons. The van der Waals surface area contributed by atoms with Crippen molar-refractivity contribution >= 4 is 21.7 Å². The summed E-state index contributed by atoms with van der Waals surface area (Å²) in [5.74, 6) is -3.64. The molecule has 2 aromatic carbocycles. The molecule has 0 heterocycles. The molecule has 0 aliphatic heterocycles. The van der Waals surface area contributed by atoms with E-state index >= 15 is 0 Å². The number of aryl methyl sites for hydroxylation is 1. The molecular formula is C37H52F2N4O5S. The van der Waals surface area contributed by atoms with Gasteiger partial charge in [-0.1, -0.05) is 82.2 Å². The maximum absolute atomic E-state index is 14.1. The molecule has 270 valence electrons. The van der Waals surface area contributed by atoms with Crippen molar-refractivity contribution in [3.05, 3.63) is 95.1 Å². The molecule has 1 aliphatic rings. The Kier molecular flexibility index (Phi) is 16.5. The molecule has 3 rings (SSSR count). The van der Waals surface area contributed by atoms with Crippen LogP contribution in [0.15, 0.2) is 66.8 Å². The molecule has 0 saturated heterocycles. The zero-order valence-electron chi connectivity index (χ0n) is 28.8. The van der Waals surface area contributed by atoms with Crippen LogP contribution in [0, 0.1) is 11.6 Å². The van der Waals surface area contributed by atoms with Crippen LogP contribution in [0.5, 0.6) is 0 Å². The number of halogens is 2. The van der Waals surface area contributed by atoms with Gasteiger partial charge in [-0.25, -0.2) is 17.2 Å². The summed E-state index contributed by atoms with van der Waals surface area (Å²) in [6.45, 7) is 6.11. The second-order valence-electron chi connectivity index (χ2n) is 12.7. The van der Waals surface area contributed by atoms with E-state index in [1.54, 1.807) is 0 Å². The summed E-state index contributed by atoms with van der Waals surface area (Å²) >= 11 is 0. The van der Waals surface area contributed by atoms with Crippen LogP contribution < -0.4 is 21.3 Å². The Morgan fingerprint density at radius 1 is 0.939 bits per heavy atom. The molecule has 1 unspecified atom stereocenters. The van der Waals surface area contributed by atoms with E-state index in [-0.39, 0.29) is 31.1 Å². The highest BCUT2D eigenvalue weighted by molar-refractivity contribution is 7.92. The monoisotopic (exact) mass is 702 g/mol. The third kappa shape index (κ3) is 13.8. The average Bonchev–Trinajstić information content (AvgIpc) is 3.06. The number of hydrogen-bond acceptors (Lipinski definition) is 7. The van der Waals surface area contributed by atoms with Crippen LogP contribution in [-0.4, -0.2) is 73.7 Å². The highest BCUT2D eigenvalue weighted by Crippen LogP contribution is 2.18. The van der Waals surface area contributed by atoms with Gasteiger partial charge in [0.25, 0.3) is 0 Å². The van der Waals surface area contributed by atoms with Gasteiger partial charge in [-0.2, -0.15) is 0 Å². The molecule has 5 N–H and O–H groups in total. The van der Waals surface area contributed by atoms with Crippen LogP contribution in [0.3, 0.4) is 0 Å². The third-order valence-electron chi connectivity index (χ3n) is 8.54. The van der Waals surface area contributed by atoms with Gasteiger partial charge in [0.15, 0.2) is 9.84 Å². The largest absolute Gasteiger partial charge is 0.390 e. The quantitative estimate of drug-likeness (QED) is 0.133. The second-order valence-corrected chi connectivity index (χ2v) is 15.0. The Hall–Kier alpha value is -3.45. The molecule has 1 aliphatic carbocycles. The van der Waals surface area contributed by atoms with E-state index in [9.17, 15) is 31.9 Å². The molecule has 2 aromatic rings. The van der Waals surface area contributed by atoms with Crippen molar-refractivity contribution in [3.8, 4) is 0 Å². The van der Waals surface area contributed by atoms with Crippen molar-refractivity contribution in [2.75, 3.05) is 18.8 Å². The van der Waals surface area contributed by atoms with Gasteiger partial charge >= 0.3 is 0 Å². The average molecular weight is 703 g/mol. The van der Waals surface area contributed by atoms with E-state index in [1.807, 2.05) is 62.4 Å². The van der Waals surface area contributed by atoms with Gasteiger partial charge in [0, 0.05) is 25.2 Å². The Morgan fingerprint density at radius 3 is 2.27 bits per heavy atom. The Bertz CT molecular complexity index is 1510. The lowest BCUT2D eigenvalue weighted by atomic mass is 10.00. The summed E-state index contributed by atoms with van der Waals surface area (Å²) in [4.78, 5) is 27.0. The molecule has 4 atom stereocenters. The normalized spacial score (nSPS) is 16.3. The highest BCUT2D eigenvalue weighted by atomic mass is 32.2. The van der Waals surface area contributed by atoms with Gasteiger partial charge in [-0.05, 0) is 60.9 Å². The fourth-order valence-corrected chi connectivity index (χ4v) is 8.08. The number of aliphatic hydroxyl groups excluding tert-OH is 1. The fourth-order valence-electron chi connectivity index (χ4n) is 5.92. The minimum absolute atomic E-state index is 0.0107. The predicted molar refractivity (Wildman–Crippen MR) is 190 cm³/mol. The molecule has 0 saturated carbocycles.